The zero-order valence-electron chi connectivity index (χ0n) is 7.26. The van der Waals surface area contributed by atoms with E-state index >= 15 is 0 Å². The molecule has 0 fully saturated rings. The van der Waals surface area contributed by atoms with E-state index in [9.17, 15) is 4.39 Å². The molecule has 0 amide bonds. The molecule has 0 aromatic carbocycles. The second kappa shape index (κ2) is 3.41. The van der Waals surface area contributed by atoms with Crippen molar-refractivity contribution in [2.75, 3.05) is 5.73 Å². The summed E-state index contributed by atoms with van der Waals surface area (Å²) >= 11 is 0. The van der Waals surface area contributed by atoms with Crippen LogP contribution in [0.4, 0.5) is 10.2 Å². The maximum Gasteiger partial charge on any atom is 0.252 e. The van der Waals surface area contributed by atoms with Gasteiger partial charge in [0, 0.05) is 12.4 Å². The lowest BCUT2D eigenvalue weighted by Gasteiger charge is -1.98. The first-order valence-electron chi connectivity index (χ1n) is 3.99. The third-order valence-electron chi connectivity index (χ3n) is 1.65. The van der Waals surface area contributed by atoms with Gasteiger partial charge in [0.15, 0.2) is 0 Å². The van der Waals surface area contributed by atoms with Crippen LogP contribution in [0, 0.1) is 0 Å². The van der Waals surface area contributed by atoms with E-state index < -0.39 is 6.67 Å². The predicted octanol–water partition coefficient (Wildman–Crippen LogP) is 0.714. The summed E-state index contributed by atoms with van der Waals surface area (Å²) in [7, 11) is 0. The van der Waals surface area contributed by atoms with Gasteiger partial charge in [-0.15, -0.1) is 0 Å². The fraction of sp³-hybridized carbons (Fsp3) is 0.125. The number of hydrogen-bond acceptors (Lipinski definition) is 4. The van der Waals surface area contributed by atoms with Crippen LogP contribution in [0.15, 0.2) is 24.5 Å². The fourth-order valence-corrected chi connectivity index (χ4v) is 1.02. The van der Waals surface area contributed by atoms with E-state index in [0.29, 0.717) is 17.5 Å². The molecular weight excluding hydrogens is 185 g/mol. The third-order valence-corrected chi connectivity index (χ3v) is 1.65. The quantitative estimate of drug-likeness (QED) is 0.762. The molecule has 2 rings (SSSR count). The molecule has 0 atom stereocenters. The summed E-state index contributed by atoms with van der Waals surface area (Å²) < 4.78 is 13.6. The number of nitrogens with zero attached hydrogens (tertiary/aromatic N) is 4. The highest BCUT2D eigenvalue weighted by Crippen LogP contribution is 2.04. The normalized spacial score (nSPS) is 10.4. The fourth-order valence-electron chi connectivity index (χ4n) is 1.02. The van der Waals surface area contributed by atoms with Gasteiger partial charge in [-0.1, -0.05) is 0 Å². The smallest absolute Gasteiger partial charge is 0.252 e. The highest BCUT2D eigenvalue weighted by molar-refractivity contribution is 5.29. The van der Waals surface area contributed by atoms with Crippen molar-refractivity contribution in [2.45, 2.75) is 6.67 Å². The minimum absolute atomic E-state index is 0.338. The van der Waals surface area contributed by atoms with E-state index in [1.54, 1.807) is 18.3 Å². The predicted molar refractivity (Wildman–Crippen MR) is 48.4 cm³/mol. The Balaban J connectivity index is 2.39. The van der Waals surface area contributed by atoms with Crippen molar-refractivity contribution < 1.29 is 4.39 Å². The maximum absolute atomic E-state index is 12.2. The Morgan fingerprint density at radius 1 is 1.43 bits per heavy atom. The van der Waals surface area contributed by atoms with Crippen molar-refractivity contribution >= 4 is 5.82 Å². The Morgan fingerprint density at radius 3 is 2.93 bits per heavy atom. The number of hydrogen-bond donors (Lipinski definition) is 1. The minimum atomic E-state index is -0.602. The molecular formula is C8H8FN5. The van der Waals surface area contributed by atoms with Crippen LogP contribution in [0.5, 0.6) is 0 Å². The highest BCUT2D eigenvalue weighted by atomic mass is 19.1. The van der Waals surface area contributed by atoms with Gasteiger partial charge in [0.05, 0.1) is 5.69 Å². The Morgan fingerprint density at radius 2 is 2.29 bits per heavy atom. The molecule has 0 aliphatic rings. The van der Waals surface area contributed by atoms with Crippen LogP contribution in [-0.4, -0.2) is 19.7 Å². The summed E-state index contributed by atoms with van der Waals surface area (Å²) in [5, 5.41) is 3.90. The molecule has 2 aromatic rings. The standard InChI is InChI=1S/C8H8FN5/c9-5-6-2-4-14(13-6)8-11-3-1-7(10)12-8/h1-4H,5H2,(H2,10,11,12). The first kappa shape index (κ1) is 8.61. The van der Waals surface area contributed by atoms with Crippen LogP contribution in [0.3, 0.4) is 0 Å². The Bertz CT molecular complexity index is 439. The number of aromatic nitrogens is 4. The number of anilines is 1. The molecule has 2 aromatic heterocycles. The van der Waals surface area contributed by atoms with Gasteiger partial charge in [-0.3, -0.25) is 0 Å². The first-order chi connectivity index (χ1) is 6.79. The van der Waals surface area contributed by atoms with Gasteiger partial charge in [-0.05, 0) is 12.1 Å². The Labute approximate surface area is 79.4 Å². The molecule has 0 unspecified atom stereocenters. The van der Waals surface area contributed by atoms with Gasteiger partial charge in [-0.2, -0.15) is 10.1 Å². The van der Waals surface area contributed by atoms with E-state index in [1.165, 1.54) is 10.9 Å². The molecule has 0 saturated heterocycles. The average Bonchev–Trinajstić information content (AvgIpc) is 2.66. The Hall–Kier alpha value is -1.98. The lowest BCUT2D eigenvalue weighted by molar-refractivity contribution is 0.473. The third kappa shape index (κ3) is 1.54. The lowest BCUT2D eigenvalue weighted by atomic mass is 10.5. The van der Waals surface area contributed by atoms with Crippen LogP contribution in [-0.2, 0) is 6.67 Å². The maximum atomic E-state index is 12.2. The zero-order chi connectivity index (χ0) is 9.97. The molecule has 2 N–H and O–H groups in total. The molecule has 72 valence electrons. The van der Waals surface area contributed by atoms with E-state index in [2.05, 4.69) is 15.1 Å². The number of nitrogens with two attached hydrogens (primary N) is 1. The van der Waals surface area contributed by atoms with Crippen LogP contribution in [0.25, 0.3) is 5.95 Å². The summed E-state index contributed by atoms with van der Waals surface area (Å²) in [6.07, 6.45) is 3.11. The van der Waals surface area contributed by atoms with Gasteiger partial charge in [-0.25, -0.2) is 14.1 Å². The molecule has 5 nitrogen and oxygen atoms in total. The summed E-state index contributed by atoms with van der Waals surface area (Å²) in [6, 6.07) is 3.13. The molecule has 6 heteroatoms. The summed E-state index contributed by atoms with van der Waals surface area (Å²) in [5.41, 5.74) is 5.81. The molecule has 0 spiro atoms. The van der Waals surface area contributed by atoms with Crippen molar-refractivity contribution in [3.63, 3.8) is 0 Å². The largest absolute Gasteiger partial charge is 0.384 e. The highest BCUT2D eigenvalue weighted by Gasteiger charge is 2.02. The molecule has 0 aliphatic carbocycles. The van der Waals surface area contributed by atoms with Gasteiger partial charge in [0.2, 0.25) is 0 Å². The van der Waals surface area contributed by atoms with Gasteiger partial charge >= 0.3 is 0 Å². The molecule has 2 heterocycles. The lowest BCUT2D eigenvalue weighted by Crippen LogP contribution is -2.03. The van der Waals surface area contributed by atoms with Crippen molar-refractivity contribution in [3.05, 3.63) is 30.2 Å². The second-order valence-electron chi connectivity index (χ2n) is 2.67. The molecule has 0 radical (unpaired) electrons. The van der Waals surface area contributed by atoms with Crippen LogP contribution < -0.4 is 5.73 Å². The van der Waals surface area contributed by atoms with Crippen molar-refractivity contribution in [3.8, 4) is 5.95 Å². The van der Waals surface area contributed by atoms with Crippen LogP contribution in [0.1, 0.15) is 5.69 Å². The van der Waals surface area contributed by atoms with Gasteiger partial charge in [0.25, 0.3) is 5.95 Å². The molecule has 14 heavy (non-hydrogen) atoms. The van der Waals surface area contributed by atoms with Crippen molar-refractivity contribution in [1.29, 1.82) is 0 Å². The van der Waals surface area contributed by atoms with Crippen molar-refractivity contribution in [2.24, 2.45) is 0 Å². The number of alkyl halides is 1. The number of halogens is 1. The first-order valence-corrected chi connectivity index (χ1v) is 3.99. The van der Waals surface area contributed by atoms with Gasteiger partial charge < -0.3 is 5.73 Å². The SMILES string of the molecule is Nc1ccnc(-n2ccc(CF)n2)n1. The van der Waals surface area contributed by atoms with Crippen LogP contribution in [0.2, 0.25) is 0 Å². The van der Waals surface area contributed by atoms with E-state index in [1.807, 2.05) is 0 Å². The average molecular weight is 193 g/mol. The summed E-state index contributed by atoms with van der Waals surface area (Å²) in [5.74, 6) is 0.692. The van der Waals surface area contributed by atoms with Crippen LogP contribution >= 0.6 is 0 Å². The number of nitrogen functional groups attached to an aromatic ring is 1. The van der Waals surface area contributed by atoms with Gasteiger partial charge in [0.1, 0.15) is 12.5 Å². The monoisotopic (exact) mass is 193 g/mol. The molecule has 0 saturated carbocycles. The minimum Gasteiger partial charge on any atom is -0.384 e. The van der Waals surface area contributed by atoms with E-state index in [0.717, 1.165) is 0 Å². The molecule has 0 bridgehead atoms. The second-order valence-corrected chi connectivity index (χ2v) is 2.67. The zero-order valence-corrected chi connectivity index (χ0v) is 7.26. The summed E-state index contributed by atoms with van der Waals surface area (Å²) in [4.78, 5) is 7.88. The summed E-state index contributed by atoms with van der Waals surface area (Å²) in [6.45, 7) is -0.602. The Kier molecular flexibility index (Phi) is 2.10. The number of rotatable bonds is 2. The molecule has 0 aliphatic heterocycles. The van der Waals surface area contributed by atoms with E-state index in [-0.39, 0.29) is 0 Å². The van der Waals surface area contributed by atoms with Crippen molar-refractivity contribution in [1.82, 2.24) is 19.7 Å². The van der Waals surface area contributed by atoms with E-state index in [4.69, 9.17) is 5.73 Å². The topological polar surface area (TPSA) is 69.6 Å².